The number of aliphatic hydroxyl groups is 1. The number of aromatic hydroxyl groups is 1. The van der Waals surface area contributed by atoms with Gasteiger partial charge >= 0.3 is 0 Å². The lowest BCUT2D eigenvalue weighted by Gasteiger charge is -2.10. The Bertz CT molecular complexity index is 388. The SMILES string of the molecule is Cc1cc(NC(=O)CCCO)c(C)cc1O. The van der Waals surface area contributed by atoms with E-state index in [1.54, 1.807) is 19.1 Å². The first-order valence-electron chi connectivity index (χ1n) is 5.25. The summed E-state index contributed by atoms with van der Waals surface area (Å²) in [5.41, 5.74) is 2.25. The fraction of sp³-hybridized carbons (Fsp3) is 0.417. The van der Waals surface area contributed by atoms with Gasteiger partial charge in [-0.2, -0.15) is 0 Å². The zero-order chi connectivity index (χ0) is 12.1. The number of aryl methyl sites for hydroxylation is 2. The third kappa shape index (κ3) is 3.24. The van der Waals surface area contributed by atoms with Crippen molar-refractivity contribution in [3.05, 3.63) is 23.3 Å². The van der Waals surface area contributed by atoms with Gasteiger partial charge in [0, 0.05) is 18.7 Å². The molecule has 0 fully saturated rings. The standard InChI is InChI=1S/C12H17NO3/c1-8-7-11(15)9(2)6-10(8)13-12(16)4-3-5-14/h6-7,14-15H,3-5H2,1-2H3,(H,13,16). The topological polar surface area (TPSA) is 69.6 Å². The van der Waals surface area contributed by atoms with Crippen molar-refractivity contribution in [2.24, 2.45) is 0 Å². The van der Waals surface area contributed by atoms with E-state index in [0.29, 0.717) is 18.5 Å². The Morgan fingerprint density at radius 3 is 2.62 bits per heavy atom. The van der Waals surface area contributed by atoms with Crippen molar-refractivity contribution in [1.82, 2.24) is 0 Å². The smallest absolute Gasteiger partial charge is 0.224 e. The van der Waals surface area contributed by atoms with E-state index in [2.05, 4.69) is 5.32 Å². The second-order valence-corrected chi connectivity index (χ2v) is 3.83. The molecule has 1 rings (SSSR count). The largest absolute Gasteiger partial charge is 0.508 e. The molecule has 0 spiro atoms. The van der Waals surface area contributed by atoms with E-state index in [-0.39, 0.29) is 18.3 Å². The van der Waals surface area contributed by atoms with Crippen molar-refractivity contribution in [2.75, 3.05) is 11.9 Å². The third-order valence-corrected chi connectivity index (χ3v) is 2.38. The van der Waals surface area contributed by atoms with E-state index in [1.165, 1.54) is 0 Å². The van der Waals surface area contributed by atoms with Gasteiger partial charge in [0.2, 0.25) is 5.91 Å². The summed E-state index contributed by atoms with van der Waals surface area (Å²) in [4.78, 5) is 11.4. The molecule has 0 radical (unpaired) electrons. The molecule has 4 nitrogen and oxygen atoms in total. The third-order valence-electron chi connectivity index (χ3n) is 2.38. The molecule has 3 N–H and O–H groups in total. The molecule has 1 amide bonds. The van der Waals surface area contributed by atoms with Crippen molar-refractivity contribution in [3.8, 4) is 5.75 Å². The molecule has 0 heterocycles. The molecule has 16 heavy (non-hydrogen) atoms. The highest BCUT2D eigenvalue weighted by atomic mass is 16.3. The number of benzene rings is 1. The molecule has 0 aliphatic rings. The first kappa shape index (κ1) is 12.5. The van der Waals surface area contributed by atoms with E-state index < -0.39 is 0 Å². The summed E-state index contributed by atoms with van der Waals surface area (Å²) < 4.78 is 0. The highest BCUT2D eigenvalue weighted by molar-refractivity contribution is 5.91. The Hall–Kier alpha value is -1.55. The number of amides is 1. The molecule has 0 unspecified atom stereocenters. The number of carbonyl (C=O) groups excluding carboxylic acids is 1. The molecule has 0 aliphatic carbocycles. The Morgan fingerprint density at radius 2 is 2.00 bits per heavy atom. The molecule has 0 saturated carbocycles. The maximum absolute atomic E-state index is 11.4. The summed E-state index contributed by atoms with van der Waals surface area (Å²) in [7, 11) is 0. The van der Waals surface area contributed by atoms with Crippen molar-refractivity contribution in [2.45, 2.75) is 26.7 Å². The first-order valence-corrected chi connectivity index (χ1v) is 5.25. The first-order chi connectivity index (χ1) is 7.54. The lowest BCUT2D eigenvalue weighted by Crippen LogP contribution is -2.12. The number of aliphatic hydroxyl groups excluding tert-OH is 1. The van der Waals surface area contributed by atoms with Crippen LogP contribution in [0.3, 0.4) is 0 Å². The minimum atomic E-state index is -0.123. The van der Waals surface area contributed by atoms with Crippen LogP contribution in [0.25, 0.3) is 0 Å². The zero-order valence-corrected chi connectivity index (χ0v) is 9.58. The van der Waals surface area contributed by atoms with E-state index in [1.807, 2.05) is 6.92 Å². The van der Waals surface area contributed by atoms with Crippen LogP contribution in [0.15, 0.2) is 12.1 Å². The quantitative estimate of drug-likeness (QED) is 0.681. The second kappa shape index (κ2) is 5.51. The highest BCUT2D eigenvalue weighted by Crippen LogP contribution is 2.24. The zero-order valence-electron chi connectivity index (χ0n) is 9.58. The lowest BCUT2D eigenvalue weighted by molar-refractivity contribution is -0.116. The van der Waals surface area contributed by atoms with E-state index >= 15 is 0 Å². The molecule has 1 aromatic carbocycles. The number of anilines is 1. The van der Waals surface area contributed by atoms with Crippen LogP contribution in [0.1, 0.15) is 24.0 Å². The minimum absolute atomic E-state index is 0.0149. The maximum atomic E-state index is 11.4. The Labute approximate surface area is 94.9 Å². The van der Waals surface area contributed by atoms with Crippen molar-refractivity contribution >= 4 is 11.6 Å². The summed E-state index contributed by atoms with van der Waals surface area (Å²) in [5, 5.41) is 20.8. The van der Waals surface area contributed by atoms with Crippen LogP contribution in [0.4, 0.5) is 5.69 Å². The summed E-state index contributed by atoms with van der Waals surface area (Å²) in [5.74, 6) is 0.105. The molecular formula is C12H17NO3. The Balaban J connectivity index is 2.73. The average Bonchev–Trinajstić information content (AvgIpc) is 2.23. The van der Waals surface area contributed by atoms with Gasteiger partial charge in [0.15, 0.2) is 0 Å². The molecular weight excluding hydrogens is 206 g/mol. The van der Waals surface area contributed by atoms with Gasteiger partial charge < -0.3 is 15.5 Å². The lowest BCUT2D eigenvalue weighted by atomic mass is 10.1. The predicted octanol–water partition coefficient (Wildman–Crippen LogP) is 1.72. The number of nitrogens with one attached hydrogen (secondary N) is 1. The molecule has 0 aliphatic heterocycles. The summed E-state index contributed by atoms with van der Waals surface area (Å²) >= 11 is 0. The number of phenols is 1. The van der Waals surface area contributed by atoms with Crippen molar-refractivity contribution in [1.29, 1.82) is 0 Å². The highest BCUT2D eigenvalue weighted by Gasteiger charge is 2.06. The molecule has 0 aromatic heterocycles. The number of rotatable bonds is 4. The molecule has 0 atom stereocenters. The normalized spacial score (nSPS) is 10.2. The fourth-order valence-corrected chi connectivity index (χ4v) is 1.39. The van der Waals surface area contributed by atoms with Gasteiger partial charge in [-0.15, -0.1) is 0 Å². The maximum Gasteiger partial charge on any atom is 0.224 e. The van der Waals surface area contributed by atoms with E-state index in [0.717, 1.165) is 11.1 Å². The van der Waals surface area contributed by atoms with E-state index in [4.69, 9.17) is 5.11 Å². The second-order valence-electron chi connectivity index (χ2n) is 3.83. The molecule has 0 bridgehead atoms. The summed E-state index contributed by atoms with van der Waals surface area (Å²) in [6, 6.07) is 3.36. The van der Waals surface area contributed by atoms with Gasteiger partial charge in [-0.05, 0) is 43.5 Å². The van der Waals surface area contributed by atoms with Gasteiger partial charge in [0.1, 0.15) is 5.75 Å². The summed E-state index contributed by atoms with van der Waals surface area (Å²) in [6.07, 6.45) is 0.762. The van der Waals surface area contributed by atoms with E-state index in [9.17, 15) is 9.90 Å². The molecule has 0 saturated heterocycles. The Kier molecular flexibility index (Phi) is 4.31. The van der Waals surface area contributed by atoms with Gasteiger partial charge in [-0.3, -0.25) is 4.79 Å². The van der Waals surface area contributed by atoms with Crippen LogP contribution < -0.4 is 5.32 Å². The van der Waals surface area contributed by atoms with Gasteiger partial charge in [-0.25, -0.2) is 0 Å². The van der Waals surface area contributed by atoms with Gasteiger partial charge in [-0.1, -0.05) is 0 Å². The summed E-state index contributed by atoms with van der Waals surface area (Å²) in [6.45, 7) is 3.61. The van der Waals surface area contributed by atoms with Crippen LogP contribution >= 0.6 is 0 Å². The molecule has 4 heteroatoms. The predicted molar refractivity (Wildman–Crippen MR) is 62.5 cm³/mol. The van der Waals surface area contributed by atoms with Crippen LogP contribution in [0.2, 0.25) is 0 Å². The minimum Gasteiger partial charge on any atom is -0.508 e. The molecule has 1 aromatic rings. The monoisotopic (exact) mass is 223 g/mol. The number of carbonyl (C=O) groups is 1. The van der Waals surface area contributed by atoms with Crippen molar-refractivity contribution in [3.63, 3.8) is 0 Å². The number of phenolic OH excluding ortho intramolecular Hbond substituents is 1. The number of hydrogen-bond donors (Lipinski definition) is 3. The van der Waals surface area contributed by atoms with Gasteiger partial charge in [0.05, 0.1) is 0 Å². The average molecular weight is 223 g/mol. The van der Waals surface area contributed by atoms with Crippen molar-refractivity contribution < 1.29 is 15.0 Å². The Morgan fingerprint density at radius 1 is 1.31 bits per heavy atom. The fourth-order valence-electron chi connectivity index (χ4n) is 1.39. The number of hydrogen-bond acceptors (Lipinski definition) is 3. The van der Waals surface area contributed by atoms with Crippen LogP contribution in [0.5, 0.6) is 5.75 Å². The van der Waals surface area contributed by atoms with Gasteiger partial charge in [0.25, 0.3) is 0 Å². The van der Waals surface area contributed by atoms with Crippen LogP contribution in [0, 0.1) is 13.8 Å². The molecule has 88 valence electrons. The van der Waals surface area contributed by atoms with Crippen LogP contribution in [-0.2, 0) is 4.79 Å². The van der Waals surface area contributed by atoms with Crippen LogP contribution in [-0.4, -0.2) is 22.7 Å².